The lowest BCUT2D eigenvalue weighted by molar-refractivity contribution is -0.328. The van der Waals surface area contributed by atoms with Crippen LogP contribution in [0, 0.1) is 41.4 Å². The Morgan fingerprint density at radius 1 is 1.02 bits per heavy atom. The van der Waals surface area contributed by atoms with Crippen LogP contribution in [0.1, 0.15) is 82.1 Å². The number of hydrogen-bond acceptors (Lipinski definition) is 8. The molecule has 0 aromatic heterocycles. The maximum atomic E-state index is 13.4. The smallest absolute Gasteiger partial charge is 0.373 e. The maximum absolute atomic E-state index is 13.4. The Morgan fingerprint density at radius 3 is 2.23 bits per heavy atom. The Bertz CT molecular complexity index is 1040. The van der Waals surface area contributed by atoms with Crippen molar-refractivity contribution in [2.45, 2.75) is 118 Å². The van der Waals surface area contributed by atoms with Gasteiger partial charge in [0.05, 0.1) is 31.5 Å². The number of allylic oxidation sites excluding steroid dienone is 5. The molecule has 2 aliphatic heterocycles. The lowest BCUT2D eigenvalue weighted by Gasteiger charge is -2.49. The molecule has 12 unspecified atom stereocenters. The third-order valence-corrected chi connectivity index (χ3v) is 9.53. The highest BCUT2D eigenvalue weighted by Crippen LogP contribution is 2.41. The van der Waals surface area contributed by atoms with E-state index in [4.69, 9.17) is 14.2 Å². The zero-order chi connectivity index (χ0) is 32.8. The van der Waals surface area contributed by atoms with Crippen LogP contribution in [-0.2, 0) is 19.0 Å². The first-order valence-corrected chi connectivity index (χ1v) is 15.9. The highest BCUT2D eigenvalue weighted by molar-refractivity contribution is 5.87. The second-order valence-corrected chi connectivity index (χ2v) is 13.7. The minimum absolute atomic E-state index is 0.00775. The van der Waals surface area contributed by atoms with Crippen LogP contribution in [0.4, 0.5) is 0 Å². The van der Waals surface area contributed by atoms with Gasteiger partial charge in [0.2, 0.25) is 5.76 Å². The van der Waals surface area contributed by atoms with Crippen LogP contribution < -0.4 is 0 Å². The van der Waals surface area contributed by atoms with E-state index in [9.17, 15) is 25.2 Å². The molecule has 2 aliphatic rings. The van der Waals surface area contributed by atoms with Crippen molar-refractivity contribution in [1.29, 1.82) is 0 Å². The lowest BCUT2D eigenvalue weighted by Crippen LogP contribution is -2.58. The van der Waals surface area contributed by atoms with Crippen LogP contribution in [0.3, 0.4) is 0 Å². The van der Waals surface area contributed by atoms with Crippen LogP contribution in [0.5, 0.6) is 0 Å². The summed E-state index contributed by atoms with van der Waals surface area (Å²) in [5, 5.41) is 44.9. The summed E-state index contributed by atoms with van der Waals surface area (Å²) in [6, 6.07) is 0. The van der Waals surface area contributed by atoms with E-state index in [0.29, 0.717) is 0 Å². The molecule has 0 aromatic carbocycles. The van der Waals surface area contributed by atoms with Gasteiger partial charge in [-0.25, -0.2) is 4.79 Å². The van der Waals surface area contributed by atoms with E-state index in [1.54, 1.807) is 19.9 Å². The second-order valence-electron chi connectivity index (χ2n) is 13.7. The van der Waals surface area contributed by atoms with Gasteiger partial charge in [0.1, 0.15) is 6.10 Å². The molecule has 4 N–H and O–H groups in total. The van der Waals surface area contributed by atoms with Crippen molar-refractivity contribution >= 4 is 5.97 Å². The van der Waals surface area contributed by atoms with E-state index in [1.807, 2.05) is 79.7 Å². The summed E-state index contributed by atoms with van der Waals surface area (Å²) in [5.41, 5.74) is 1.86. The van der Waals surface area contributed by atoms with Gasteiger partial charge in [0.15, 0.2) is 5.79 Å². The Balaban J connectivity index is 2.47. The number of hydrogen-bond donors (Lipinski definition) is 4. The van der Waals surface area contributed by atoms with Gasteiger partial charge in [0, 0.05) is 36.0 Å². The third-order valence-electron chi connectivity index (χ3n) is 9.53. The fourth-order valence-corrected chi connectivity index (χ4v) is 6.61. The zero-order valence-electron chi connectivity index (χ0n) is 28.2. The summed E-state index contributed by atoms with van der Waals surface area (Å²) in [6.45, 7) is 19.1. The highest BCUT2D eigenvalue weighted by atomic mass is 16.6. The van der Waals surface area contributed by atoms with E-state index in [1.165, 1.54) is 7.11 Å². The Hall–Kier alpha value is -1.97. The van der Waals surface area contributed by atoms with Crippen molar-refractivity contribution < 1.29 is 39.4 Å². The number of cyclic esters (lactones) is 1. The maximum Gasteiger partial charge on any atom is 0.373 e. The van der Waals surface area contributed by atoms with E-state index >= 15 is 0 Å². The lowest BCUT2D eigenvalue weighted by atomic mass is 9.75. The number of carbonyl (C=O) groups excluding carboxylic acids is 1. The SMILES string of the molecule is CO/C1=C\C(C)=C\C(C)C(O)C(C)C/C(C)=C/C=C/C(C)C(C(C)C(O)C(C)C2(O)CC(O)C(C)C(C(C)C)O2)OC1=O. The summed E-state index contributed by atoms with van der Waals surface area (Å²) >= 11 is 0. The average molecular weight is 607 g/mol. The van der Waals surface area contributed by atoms with Gasteiger partial charge in [-0.05, 0) is 38.2 Å². The molecule has 0 amide bonds. The molecule has 0 saturated carbocycles. The van der Waals surface area contributed by atoms with E-state index in [-0.39, 0.29) is 47.9 Å². The van der Waals surface area contributed by atoms with E-state index < -0.39 is 48.0 Å². The van der Waals surface area contributed by atoms with Gasteiger partial charge in [0.25, 0.3) is 0 Å². The Labute approximate surface area is 259 Å². The molecule has 2 heterocycles. The van der Waals surface area contributed by atoms with E-state index in [0.717, 1.165) is 17.6 Å². The number of aliphatic hydroxyl groups is 4. The summed E-state index contributed by atoms with van der Waals surface area (Å²) in [4.78, 5) is 13.4. The number of aliphatic hydroxyl groups excluding tert-OH is 3. The van der Waals surface area contributed by atoms with Gasteiger partial charge in [-0.1, -0.05) is 90.8 Å². The molecule has 12 atom stereocenters. The highest BCUT2D eigenvalue weighted by Gasteiger charge is 2.51. The van der Waals surface area contributed by atoms with Crippen molar-refractivity contribution in [1.82, 2.24) is 0 Å². The number of ether oxygens (including phenoxy) is 3. The van der Waals surface area contributed by atoms with Gasteiger partial charge >= 0.3 is 5.97 Å². The molecule has 0 aliphatic carbocycles. The van der Waals surface area contributed by atoms with Crippen molar-refractivity contribution in [3.8, 4) is 0 Å². The molecule has 1 fully saturated rings. The third kappa shape index (κ3) is 9.51. The van der Waals surface area contributed by atoms with Crippen LogP contribution >= 0.6 is 0 Å². The molecule has 8 nitrogen and oxygen atoms in total. The Kier molecular flexibility index (Phi) is 13.7. The van der Waals surface area contributed by atoms with Crippen LogP contribution in [0.25, 0.3) is 0 Å². The molecule has 8 heteroatoms. The molecule has 0 aromatic rings. The average Bonchev–Trinajstić information content (AvgIpc) is 2.93. The van der Waals surface area contributed by atoms with Crippen molar-refractivity contribution in [3.63, 3.8) is 0 Å². The molecule has 0 spiro atoms. The van der Waals surface area contributed by atoms with Gasteiger partial charge in [-0.2, -0.15) is 0 Å². The zero-order valence-corrected chi connectivity index (χ0v) is 28.2. The number of esters is 1. The monoisotopic (exact) mass is 606 g/mol. The Morgan fingerprint density at radius 2 is 1.65 bits per heavy atom. The first kappa shape index (κ1) is 37.2. The van der Waals surface area contributed by atoms with E-state index in [2.05, 4.69) is 0 Å². The molecular weight excluding hydrogens is 548 g/mol. The summed E-state index contributed by atoms with van der Waals surface area (Å²) in [5.74, 6) is -4.38. The largest absolute Gasteiger partial charge is 0.490 e. The fraction of sp³-hybridized carbons (Fsp3) is 0.743. The normalized spacial score (nSPS) is 41.9. The predicted molar refractivity (Wildman–Crippen MR) is 169 cm³/mol. The molecule has 0 radical (unpaired) electrons. The molecule has 43 heavy (non-hydrogen) atoms. The minimum Gasteiger partial charge on any atom is -0.490 e. The molecule has 1 saturated heterocycles. The van der Waals surface area contributed by atoms with Crippen LogP contribution in [0.2, 0.25) is 0 Å². The summed E-state index contributed by atoms with van der Waals surface area (Å²) < 4.78 is 17.6. The number of rotatable bonds is 6. The van der Waals surface area contributed by atoms with Crippen molar-refractivity contribution in [3.05, 3.63) is 47.3 Å². The number of methoxy groups -OCH3 is 1. The molecule has 2 rings (SSSR count). The predicted octanol–water partition coefficient (Wildman–Crippen LogP) is 5.31. The van der Waals surface area contributed by atoms with Crippen molar-refractivity contribution in [2.24, 2.45) is 41.4 Å². The summed E-state index contributed by atoms with van der Waals surface area (Å²) in [7, 11) is 1.40. The topological polar surface area (TPSA) is 126 Å². The molecule has 0 bridgehead atoms. The van der Waals surface area contributed by atoms with Crippen molar-refractivity contribution in [2.75, 3.05) is 7.11 Å². The van der Waals surface area contributed by atoms with Gasteiger partial charge in [-0.3, -0.25) is 0 Å². The van der Waals surface area contributed by atoms with Gasteiger partial charge in [-0.15, -0.1) is 0 Å². The first-order chi connectivity index (χ1) is 19.9. The second kappa shape index (κ2) is 15.8. The quantitative estimate of drug-likeness (QED) is 0.300. The van der Waals surface area contributed by atoms with Crippen LogP contribution in [-0.4, -0.2) is 69.8 Å². The molecule has 246 valence electrons. The fourth-order valence-electron chi connectivity index (χ4n) is 6.61. The molecular formula is C35H58O8. The number of carbonyl (C=O) groups is 1. The minimum atomic E-state index is -1.76. The summed E-state index contributed by atoms with van der Waals surface area (Å²) in [6.07, 6.45) is 6.41. The first-order valence-electron chi connectivity index (χ1n) is 15.9. The van der Waals surface area contributed by atoms with Crippen LogP contribution in [0.15, 0.2) is 47.3 Å². The van der Waals surface area contributed by atoms with Gasteiger partial charge < -0.3 is 34.6 Å². The standard InChI is InChI=1S/C35H58O8/c1-19(2)32-25(8)28(36)18-35(40,43-32)27(10)31(38)26(9)33-22(5)14-12-13-20(3)15-23(6)30(37)24(7)16-21(4)17-29(41-11)34(39)42-33/h12-14,16-17,19,22-28,30-33,36-38,40H,15,18H2,1-11H3/b14-12+,20-13+,21-16+,29-17-.